The summed E-state index contributed by atoms with van der Waals surface area (Å²) in [5.41, 5.74) is 2.55. The van der Waals surface area contributed by atoms with Gasteiger partial charge in [-0.15, -0.1) is 0 Å². The van der Waals surface area contributed by atoms with Gasteiger partial charge in [-0.25, -0.2) is 0 Å². The number of hydrogen-bond donors (Lipinski definition) is 1. The zero-order valence-electron chi connectivity index (χ0n) is 10.4. The maximum absolute atomic E-state index is 4.26. The zero-order valence-corrected chi connectivity index (χ0v) is 10.4. The molecule has 0 saturated heterocycles. The van der Waals surface area contributed by atoms with Crippen LogP contribution in [0.2, 0.25) is 0 Å². The van der Waals surface area contributed by atoms with Gasteiger partial charge in [-0.3, -0.25) is 4.68 Å². The number of hydrogen-bond acceptors (Lipinski definition) is 2. The first-order valence-corrected chi connectivity index (χ1v) is 6.10. The Morgan fingerprint density at radius 3 is 2.71 bits per heavy atom. The van der Waals surface area contributed by atoms with Gasteiger partial charge in [0.05, 0.1) is 5.69 Å². The number of nitrogens with zero attached hydrogens (tertiary/aromatic N) is 2. The monoisotopic (exact) mass is 229 g/mol. The van der Waals surface area contributed by atoms with E-state index in [0.29, 0.717) is 6.04 Å². The highest BCUT2D eigenvalue weighted by molar-refractivity contribution is 5.18. The summed E-state index contributed by atoms with van der Waals surface area (Å²) in [7, 11) is 0. The number of aromatic nitrogens is 2. The number of aryl methyl sites for hydroxylation is 1. The average molecular weight is 229 g/mol. The fourth-order valence-electron chi connectivity index (χ4n) is 1.91. The van der Waals surface area contributed by atoms with Crippen LogP contribution in [0.3, 0.4) is 0 Å². The van der Waals surface area contributed by atoms with Gasteiger partial charge in [0.25, 0.3) is 0 Å². The van der Waals surface area contributed by atoms with Gasteiger partial charge in [-0.05, 0) is 25.5 Å². The highest BCUT2D eigenvalue weighted by atomic mass is 15.3. The molecule has 3 heteroatoms. The summed E-state index contributed by atoms with van der Waals surface area (Å²) in [4.78, 5) is 0. The molecule has 1 N–H and O–H groups in total. The minimum atomic E-state index is 0.358. The van der Waals surface area contributed by atoms with E-state index in [1.165, 1.54) is 11.3 Å². The first kappa shape index (κ1) is 11.9. The summed E-state index contributed by atoms with van der Waals surface area (Å²) in [6.45, 7) is 6.06. The Hall–Kier alpha value is -1.61. The van der Waals surface area contributed by atoms with E-state index in [9.17, 15) is 0 Å². The smallest absolute Gasteiger partial charge is 0.0522 e. The molecule has 0 radical (unpaired) electrons. The van der Waals surface area contributed by atoms with E-state index in [-0.39, 0.29) is 0 Å². The molecule has 0 aliphatic heterocycles. The van der Waals surface area contributed by atoms with Crippen molar-refractivity contribution >= 4 is 0 Å². The molecule has 1 unspecified atom stereocenters. The Morgan fingerprint density at radius 2 is 2.00 bits per heavy atom. The molecule has 0 fully saturated rings. The van der Waals surface area contributed by atoms with Crippen LogP contribution in [0.4, 0.5) is 0 Å². The molecular formula is C14H19N3. The van der Waals surface area contributed by atoms with Gasteiger partial charge in [0.2, 0.25) is 0 Å². The lowest BCUT2D eigenvalue weighted by atomic mass is 10.1. The Bertz CT molecular complexity index is 448. The summed E-state index contributed by atoms with van der Waals surface area (Å²) in [5, 5.41) is 7.78. The van der Waals surface area contributed by atoms with Gasteiger partial charge in [-0.2, -0.15) is 5.10 Å². The van der Waals surface area contributed by atoms with E-state index in [1.807, 2.05) is 16.9 Å². The van der Waals surface area contributed by atoms with Crippen molar-refractivity contribution in [3.63, 3.8) is 0 Å². The first-order valence-electron chi connectivity index (χ1n) is 6.10. The van der Waals surface area contributed by atoms with Gasteiger partial charge in [0.1, 0.15) is 0 Å². The lowest BCUT2D eigenvalue weighted by Crippen LogP contribution is -2.20. The predicted molar refractivity (Wildman–Crippen MR) is 69.6 cm³/mol. The molecule has 90 valence electrons. The molecule has 0 aliphatic carbocycles. The van der Waals surface area contributed by atoms with Gasteiger partial charge in [-0.1, -0.05) is 30.3 Å². The first-order chi connectivity index (χ1) is 8.31. The second-order valence-corrected chi connectivity index (χ2v) is 4.15. The topological polar surface area (TPSA) is 29.9 Å². The molecule has 1 aromatic carbocycles. The van der Waals surface area contributed by atoms with Crippen LogP contribution in [-0.2, 0) is 13.1 Å². The van der Waals surface area contributed by atoms with Crippen molar-refractivity contribution in [2.75, 3.05) is 0 Å². The summed E-state index contributed by atoms with van der Waals surface area (Å²) in [6.07, 6.45) is 1.85. The van der Waals surface area contributed by atoms with Crippen molar-refractivity contribution in [2.45, 2.75) is 33.0 Å². The molecule has 0 amide bonds. The van der Waals surface area contributed by atoms with Crippen LogP contribution in [-0.4, -0.2) is 9.78 Å². The van der Waals surface area contributed by atoms with Crippen molar-refractivity contribution < 1.29 is 0 Å². The lowest BCUT2D eigenvalue weighted by Gasteiger charge is -2.14. The van der Waals surface area contributed by atoms with Crippen LogP contribution < -0.4 is 5.32 Å². The third-order valence-corrected chi connectivity index (χ3v) is 2.99. The molecule has 2 aromatic rings. The van der Waals surface area contributed by atoms with E-state index >= 15 is 0 Å². The normalized spacial score (nSPS) is 12.6. The highest BCUT2D eigenvalue weighted by Gasteiger charge is 2.05. The maximum Gasteiger partial charge on any atom is 0.0522 e. The van der Waals surface area contributed by atoms with Crippen molar-refractivity contribution in [1.29, 1.82) is 0 Å². The van der Waals surface area contributed by atoms with Crippen LogP contribution in [0.15, 0.2) is 42.6 Å². The van der Waals surface area contributed by atoms with Crippen LogP contribution in [0, 0.1) is 0 Å². The summed E-state index contributed by atoms with van der Waals surface area (Å²) in [5.74, 6) is 0. The second-order valence-electron chi connectivity index (χ2n) is 4.15. The molecule has 1 atom stereocenters. The number of nitrogens with one attached hydrogen (secondary N) is 1. The predicted octanol–water partition coefficient (Wildman–Crippen LogP) is 2.75. The Kier molecular flexibility index (Phi) is 3.94. The molecule has 17 heavy (non-hydrogen) atoms. The quantitative estimate of drug-likeness (QED) is 0.854. The molecule has 0 bridgehead atoms. The van der Waals surface area contributed by atoms with Crippen molar-refractivity contribution in [2.24, 2.45) is 0 Å². The molecule has 0 spiro atoms. The summed E-state index contributed by atoms with van der Waals surface area (Å²) >= 11 is 0. The molecule has 2 rings (SSSR count). The Morgan fingerprint density at radius 1 is 1.24 bits per heavy atom. The van der Waals surface area contributed by atoms with Gasteiger partial charge in [0, 0.05) is 25.3 Å². The van der Waals surface area contributed by atoms with Crippen LogP contribution in [0.25, 0.3) is 0 Å². The second kappa shape index (κ2) is 5.64. The van der Waals surface area contributed by atoms with Crippen molar-refractivity contribution in [3.05, 3.63) is 53.9 Å². The van der Waals surface area contributed by atoms with Crippen LogP contribution in [0.1, 0.15) is 31.1 Å². The third-order valence-electron chi connectivity index (χ3n) is 2.99. The molecular weight excluding hydrogens is 210 g/mol. The molecule has 1 heterocycles. The van der Waals surface area contributed by atoms with Crippen molar-refractivity contribution in [1.82, 2.24) is 15.1 Å². The van der Waals surface area contributed by atoms with E-state index < -0.39 is 0 Å². The summed E-state index contributed by atoms with van der Waals surface area (Å²) in [6, 6.07) is 12.9. The lowest BCUT2D eigenvalue weighted by molar-refractivity contribution is 0.531. The van der Waals surface area contributed by atoms with E-state index in [0.717, 1.165) is 13.1 Å². The largest absolute Gasteiger partial charge is 0.305 e. The van der Waals surface area contributed by atoms with E-state index in [1.54, 1.807) is 0 Å². The third kappa shape index (κ3) is 2.94. The molecule has 1 aromatic heterocycles. The number of benzene rings is 1. The average Bonchev–Trinajstić information content (AvgIpc) is 2.84. The fraction of sp³-hybridized carbons (Fsp3) is 0.357. The van der Waals surface area contributed by atoms with Gasteiger partial charge >= 0.3 is 0 Å². The molecule has 3 nitrogen and oxygen atoms in total. The number of rotatable bonds is 5. The molecule has 0 saturated carbocycles. The molecule has 0 aliphatic rings. The Labute approximate surface area is 102 Å². The highest BCUT2D eigenvalue weighted by Crippen LogP contribution is 2.12. The van der Waals surface area contributed by atoms with E-state index in [4.69, 9.17) is 0 Å². The van der Waals surface area contributed by atoms with Gasteiger partial charge in [0.15, 0.2) is 0 Å². The minimum Gasteiger partial charge on any atom is -0.305 e. The van der Waals surface area contributed by atoms with Gasteiger partial charge < -0.3 is 5.32 Å². The standard InChI is InChI=1S/C14H19N3/c1-3-17-14(9-10-16-17)11-15-12(2)13-7-5-4-6-8-13/h4-10,12,15H,3,11H2,1-2H3. The summed E-state index contributed by atoms with van der Waals surface area (Å²) < 4.78 is 2.02. The minimum absolute atomic E-state index is 0.358. The SMILES string of the molecule is CCn1nccc1CNC(C)c1ccccc1. The maximum atomic E-state index is 4.26. The van der Waals surface area contributed by atoms with Crippen LogP contribution >= 0.6 is 0 Å². The zero-order chi connectivity index (χ0) is 12.1. The fourth-order valence-corrected chi connectivity index (χ4v) is 1.91. The van der Waals surface area contributed by atoms with Crippen LogP contribution in [0.5, 0.6) is 0 Å². The van der Waals surface area contributed by atoms with E-state index in [2.05, 4.69) is 54.6 Å². The Balaban J connectivity index is 1.95. The van der Waals surface area contributed by atoms with Crippen molar-refractivity contribution in [3.8, 4) is 0 Å².